The molecular formula is C8H15N3OS. The van der Waals surface area contributed by atoms with E-state index in [2.05, 4.69) is 28.8 Å². The van der Waals surface area contributed by atoms with Gasteiger partial charge < -0.3 is 10.4 Å². The number of hydrogen-bond acceptors (Lipinski definition) is 5. The van der Waals surface area contributed by atoms with Gasteiger partial charge in [0, 0.05) is 24.1 Å². The Kier molecular flexibility index (Phi) is 3.77. The average molecular weight is 201 g/mol. The third-order valence-corrected chi connectivity index (χ3v) is 2.44. The molecule has 0 amide bonds. The molecule has 74 valence electrons. The van der Waals surface area contributed by atoms with Crippen molar-refractivity contribution < 1.29 is 5.11 Å². The van der Waals surface area contributed by atoms with Crippen molar-refractivity contribution in [2.75, 3.05) is 6.61 Å². The number of nitrogens with zero attached hydrogens (tertiary/aromatic N) is 2. The standard InChI is InChI=1S/C8H15N3OS/c1-8(2,3-4-12)9-5-7-6-13-11-10-7/h6,9,12H,3-5H2,1-2H3. The van der Waals surface area contributed by atoms with Gasteiger partial charge in [0.15, 0.2) is 0 Å². The van der Waals surface area contributed by atoms with Crippen LogP contribution in [0.15, 0.2) is 5.38 Å². The van der Waals surface area contributed by atoms with Crippen molar-refractivity contribution in [3.8, 4) is 0 Å². The molecule has 0 unspecified atom stereocenters. The first-order valence-corrected chi connectivity index (χ1v) is 5.09. The predicted molar refractivity (Wildman–Crippen MR) is 52.5 cm³/mol. The Labute approximate surface area is 82.2 Å². The highest BCUT2D eigenvalue weighted by molar-refractivity contribution is 7.03. The zero-order valence-electron chi connectivity index (χ0n) is 7.95. The minimum absolute atomic E-state index is 0.0433. The Morgan fingerprint density at radius 1 is 1.62 bits per heavy atom. The molecule has 1 aromatic heterocycles. The van der Waals surface area contributed by atoms with E-state index < -0.39 is 0 Å². The Hall–Kier alpha value is -0.520. The van der Waals surface area contributed by atoms with Crippen molar-refractivity contribution in [3.05, 3.63) is 11.1 Å². The van der Waals surface area contributed by atoms with Crippen molar-refractivity contribution in [1.29, 1.82) is 0 Å². The fourth-order valence-electron chi connectivity index (χ4n) is 0.959. The molecular weight excluding hydrogens is 186 g/mol. The Morgan fingerprint density at radius 2 is 2.38 bits per heavy atom. The normalized spacial score (nSPS) is 11.9. The minimum atomic E-state index is -0.0433. The quantitative estimate of drug-likeness (QED) is 0.739. The minimum Gasteiger partial charge on any atom is -0.396 e. The van der Waals surface area contributed by atoms with E-state index in [0.29, 0.717) is 6.54 Å². The van der Waals surface area contributed by atoms with Crippen LogP contribution in [0.5, 0.6) is 0 Å². The Bertz CT molecular complexity index is 236. The molecule has 4 nitrogen and oxygen atoms in total. The van der Waals surface area contributed by atoms with Gasteiger partial charge in [-0.1, -0.05) is 4.49 Å². The second-order valence-electron chi connectivity index (χ2n) is 3.61. The lowest BCUT2D eigenvalue weighted by molar-refractivity contribution is 0.229. The number of aromatic nitrogens is 2. The summed E-state index contributed by atoms with van der Waals surface area (Å²) < 4.78 is 3.77. The molecule has 0 fully saturated rings. The van der Waals surface area contributed by atoms with Gasteiger partial charge in [0.2, 0.25) is 0 Å². The van der Waals surface area contributed by atoms with Gasteiger partial charge in [-0.3, -0.25) is 0 Å². The maximum Gasteiger partial charge on any atom is 0.0893 e. The van der Waals surface area contributed by atoms with Crippen molar-refractivity contribution in [3.63, 3.8) is 0 Å². The molecule has 1 rings (SSSR count). The van der Waals surface area contributed by atoms with Crippen LogP contribution in [0.2, 0.25) is 0 Å². The van der Waals surface area contributed by atoms with Crippen LogP contribution in [0.1, 0.15) is 26.0 Å². The fourth-order valence-corrected chi connectivity index (χ4v) is 1.41. The molecule has 5 heteroatoms. The number of aliphatic hydroxyl groups is 1. The van der Waals surface area contributed by atoms with Crippen LogP contribution in [-0.4, -0.2) is 26.8 Å². The number of rotatable bonds is 5. The maximum absolute atomic E-state index is 8.79. The van der Waals surface area contributed by atoms with Gasteiger partial charge in [-0.15, -0.1) is 5.10 Å². The monoisotopic (exact) mass is 201 g/mol. The van der Waals surface area contributed by atoms with Gasteiger partial charge in [-0.25, -0.2) is 0 Å². The summed E-state index contributed by atoms with van der Waals surface area (Å²) in [4.78, 5) is 0. The Balaban J connectivity index is 2.33. The maximum atomic E-state index is 8.79. The van der Waals surface area contributed by atoms with E-state index in [1.165, 1.54) is 11.5 Å². The van der Waals surface area contributed by atoms with Crippen molar-refractivity contribution >= 4 is 11.5 Å². The van der Waals surface area contributed by atoms with Gasteiger partial charge in [-0.2, -0.15) is 0 Å². The van der Waals surface area contributed by atoms with Gasteiger partial charge in [-0.05, 0) is 31.8 Å². The predicted octanol–water partition coefficient (Wildman–Crippen LogP) is 0.789. The molecule has 0 radical (unpaired) electrons. The first-order chi connectivity index (χ1) is 6.14. The number of hydrogen-bond donors (Lipinski definition) is 2. The first-order valence-electron chi connectivity index (χ1n) is 4.26. The molecule has 2 N–H and O–H groups in total. The van der Waals surface area contributed by atoms with E-state index in [1.54, 1.807) is 0 Å². The highest BCUT2D eigenvalue weighted by Gasteiger charge is 2.15. The average Bonchev–Trinajstić information content (AvgIpc) is 2.52. The van der Waals surface area contributed by atoms with E-state index in [-0.39, 0.29) is 12.1 Å². The summed E-state index contributed by atoms with van der Waals surface area (Å²) in [5.74, 6) is 0. The smallest absolute Gasteiger partial charge is 0.0893 e. The molecule has 0 saturated carbocycles. The topological polar surface area (TPSA) is 58.0 Å². The fraction of sp³-hybridized carbons (Fsp3) is 0.750. The molecule has 0 bridgehead atoms. The number of nitrogens with one attached hydrogen (secondary N) is 1. The summed E-state index contributed by atoms with van der Waals surface area (Å²) in [6.07, 6.45) is 0.741. The molecule has 0 aliphatic heterocycles. The summed E-state index contributed by atoms with van der Waals surface area (Å²) in [6.45, 7) is 5.03. The molecule has 1 heterocycles. The van der Waals surface area contributed by atoms with Gasteiger partial charge in [0.25, 0.3) is 0 Å². The number of aliphatic hydroxyl groups excluding tert-OH is 1. The molecule has 0 aliphatic rings. The molecule has 0 aromatic carbocycles. The van der Waals surface area contributed by atoms with Crippen molar-refractivity contribution in [1.82, 2.24) is 14.9 Å². The van der Waals surface area contributed by atoms with Crippen LogP contribution in [0.25, 0.3) is 0 Å². The second kappa shape index (κ2) is 4.64. The van der Waals surface area contributed by atoms with Gasteiger partial charge in [0.1, 0.15) is 0 Å². The van der Waals surface area contributed by atoms with E-state index >= 15 is 0 Å². The van der Waals surface area contributed by atoms with Crippen molar-refractivity contribution in [2.45, 2.75) is 32.4 Å². The highest BCUT2D eigenvalue weighted by Crippen LogP contribution is 2.08. The molecule has 0 saturated heterocycles. The zero-order chi connectivity index (χ0) is 9.73. The molecule has 0 aliphatic carbocycles. The lowest BCUT2D eigenvalue weighted by atomic mass is 10.0. The summed E-state index contributed by atoms with van der Waals surface area (Å²) in [5.41, 5.74) is 0.911. The summed E-state index contributed by atoms with van der Waals surface area (Å²) in [5, 5.41) is 17.9. The van der Waals surface area contributed by atoms with Crippen LogP contribution < -0.4 is 5.32 Å². The molecule has 0 atom stereocenters. The van der Waals surface area contributed by atoms with Crippen molar-refractivity contribution in [2.24, 2.45) is 0 Å². The molecule has 13 heavy (non-hydrogen) atoms. The third kappa shape index (κ3) is 3.80. The zero-order valence-corrected chi connectivity index (χ0v) is 8.77. The molecule has 0 spiro atoms. The summed E-state index contributed by atoms with van der Waals surface area (Å²) in [7, 11) is 0. The largest absolute Gasteiger partial charge is 0.396 e. The van der Waals surface area contributed by atoms with Crippen LogP contribution >= 0.6 is 11.5 Å². The third-order valence-electron chi connectivity index (χ3n) is 1.89. The first kappa shape index (κ1) is 10.6. The SMILES string of the molecule is CC(C)(CCO)NCc1csnn1. The van der Waals surface area contributed by atoms with E-state index in [1.807, 2.05) is 5.38 Å². The van der Waals surface area contributed by atoms with Crippen LogP contribution in [-0.2, 0) is 6.54 Å². The molecule has 1 aromatic rings. The van der Waals surface area contributed by atoms with E-state index in [4.69, 9.17) is 5.11 Å². The van der Waals surface area contributed by atoms with Crippen LogP contribution in [0.3, 0.4) is 0 Å². The van der Waals surface area contributed by atoms with Gasteiger partial charge in [0.05, 0.1) is 5.69 Å². The van der Waals surface area contributed by atoms with E-state index in [9.17, 15) is 0 Å². The van der Waals surface area contributed by atoms with Crippen LogP contribution in [0, 0.1) is 0 Å². The Morgan fingerprint density at radius 3 is 2.92 bits per heavy atom. The lowest BCUT2D eigenvalue weighted by Crippen LogP contribution is -2.39. The van der Waals surface area contributed by atoms with E-state index in [0.717, 1.165) is 12.1 Å². The second-order valence-corrected chi connectivity index (χ2v) is 4.22. The highest BCUT2D eigenvalue weighted by atomic mass is 32.1. The van der Waals surface area contributed by atoms with Gasteiger partial charge >= 0.3 is 0 Å². The summed E-state index contributed by atoms with van der Waals surface area (Å²) in [6, 6.07) is 0. The lowest BCUT2D eigenvalue weighted by Gasteiger charge is -2.24. The summed E-state index contributed by atoms with van der Waals surface area (Å²) >= 11 is 1.35. The van der Waals surface area contributed by atoms with Crippen LogP contribution in [0.4, 0.5) is 0 Å².